The Morgan fingerprint density at radius 1 is 1.35 bits per heavy atom. The number of hydrogen-bond donors (Lipinski definition) is 1. The van der Waals surface area contributed by atoms with Crippen molar-refractivity contribution in [1.82, 2.24) is 4.90 Å². The third-order valence-corrected chi connectivity index (χ3v) is 4.65. The van der Waals surface area contributed by atoms with E-state index in [2.05, 4.69) is 33.0 Å². The molecule has 1 atom stereocenters. The summed E-state index contributed by atoms with van der Waals surface area (Å²) in [5, 5.41) is 0. The van der Waals surface area contributed by atoms with Crippen LogP contribution in [0.2, 0.25) is 0 Å². The van der Waals surface area contributed by atoms with Gasteiger partial charge in [0.15, 0.2) is 0 Å². The van der Waals surface area contributed by atoms with Gasteiger partial charge in [-0.3, -0.25) is 4.90 Å². The van der Waals surface area contributed by atoms with Crippen LogP contribution < -0.4 is 10.5 Å². The Labute approximate surface area is 129 Å². The fourth-order valence-corrected chi connectivity index (χ4v) is 3.37. The summed E-state index contributed by atoms with van der Waals surface area (Å²) in [6.07, 6.45) is 2.54. The molecule has 1 fully saturated rings. The van der Waals surface area contributed by atoms with E-state index >= 15 is 0 Å². The van der Waals surface area contributed by atoms with E-state index in [0.717, 1.165) is 36.2 Å². The number of nitrogens with two attached hydrogens (primary N) is 1. The van der Waals surface area contributed by atoms with Crippen molar-refractivity contribution in [2.24, 2.45) is 5.73 Å². The minimum atomic E-state index is 0.259. The van der Waals surface area contributed by atoms with E-state index < -0.39 is 0 Å². The molecule has 1 aliphatic rings. The van der Waals surface area contributed by atoms with Crippen LogP contribution in [-0.2, 0) is 4.74 Å². The van der Waals surface area contributed by atoms with Crippen LogP contribution in [-0.4, -0.2) is 44.9 Å². The van der Waals surface area contributed by atoms with Crippen molar-refractivity contribution in [3.05, 3.63) is 28.2 Å². The highest BCUT2D eigenvalue weighted by atomic mass is 79.9. The zero-order chi connectivity index (χ0) is 14.5. The van der Waals surface area contributed by atoms with Gasteiger partial charge in [0.25, 0.3) is 0 Å². The first-order valence-electron chi connectivity index (χ1n) is 7.00. The smallest absolute Gasteiger partial charge is 0.133 e. The third-order valence-electron chi connectivity index (χ3n) is 4.03. The number of ether oxygens (including phenoxy) is 2. The van der Waals surface area contributed by atoms with Gasteiger partial charge in [-0.15, -0.1) is 0 Å². The molecule has 2 N–H and O–H groups in total. The van der Waals surface area contributed by atoms with Crippen LogP contribution in [0.5, 0.6) is 5.75 Å². The van der Waals surface area contributed by atoms with Crippen LogP contribution in [0.3, 0.4) is 0 Å². The summed E-state index contributed by atoms with van der Waals surface area (Å²) >= 11 is 3.55. The van der Waals surface area contributed by atoms with Crippen molar-refractivity contribution in [3.63, 3.8) is 0 Å². The summed E-state index contributed by atoms with van der Waals surface area (Å²) in [6, 6.07) is 6.46. The van der Waals surface area contributed by atoms with Gasteiger partial charge in [0.2, 0.25) is 0 Å². The van der Waals surface area contributed by atoms with Crippen molar-refractivity contribution < 1.29 is 9.47 Å². The van der Waals surface area contributed by atoms with Crippen molar-refractivity contribution >= 4 is 15.9 Å². The van der Waals surface area contributed by atoms with Crippen molar-refractivity contribution in [2.45, 2.75) is 25.0 Å². The second-order valence-corrected chi connectivity index (χ2v) is 5.97. The molecule has 0 radical (unpaired) electrons. The van der Waals surface area contributed by atoms with E-state index in [9.17, 15) is 0 Å². The predicted octanol–water partition coefficient (Wildman–Crippen LogP) is 2.57. The molecule has 4 nitrogen and oxygen atoms in total. The standard InChI is InChI=1S/C15H23BrN2O2/c1-19-12-5-7-18(8-6-12)14(10-17)11-3-4-15(20-2)13(16)9-11/h3-4,9,12,14H,5-8,10,17H2,1-2H3. The Balaban J connectivity index is 2.10. The first-order chi connectivity index (χ1) is 9.69. The highest BCUT2D eigenvalue weighted by Gasteiger charge is 2.25. The maximum Gasteiger partial charge on any atom is 0.133 e. The van der Waals surface area contributed by atoms with E-state index in [4.69, 9.17) is 15.2 Å². The van der Waals surface area contributed by atoms with Crippen LogP contribution in [0, 0.1) is 0 Å². The molecule has 1 aromatic rings. The monoisotopic (exact) mass is 342 g/mol. The van der Waals surface area contributed by atoms with Crippen molar-refractivity contribution in [2.75, 3.05) is 33.9 Å². The van der Waals surface area contributed by atoms with Gasteiger partial charge < -0.3 is 15.2 Å². The highest BCUT2D eigenvalue weighted by molar-refractivity contribution is 9.10. The molecule has 112 valence electrons. The van der Waals surface area contributed by atoms with Gasteiger partial charge in [-0.1, -0.05) is 6.07 Å². The van der Waals surface area contributed by atoms with Gasteiger partial charge in [-0.2, -0.15) is 0 Å². The van der Waals surface area contributed by atoms with Gasteiger partial charge in [0.1, 0.15) is 5.75 Å². The quantitative estimate of drug-likeness (QED) is 0.893. The molecule has 0 bridgehead atoms. The fourth-order valence-electron chi connectivity index (χ4n) is 2.81. The second kappa shape index (κ2) is 7.41. The molecular formula is C15H23BrN2O2. The van der Waals surface area contributed by atoms with Gasteiger partial charge in [0, 0.05) is 32.8 Å². The zero-order valence-electron chi connectivity index (χ0n) is 12.1. The Hall–Kier alpha value is -0.620. The largest absolute Gasteiger partial charge is 0.496 e. The topological polar surface area (TPSA) is 47.7 Å². The maximum atomic E-state index is 6.00. The molecule has 0 saturated carbocycles. The van der Waals surface area contributed by atoms with E-state index in [1.54, 1.807) is 14.2 Å². The minimum absolute atomic E-state index is 0.259. The first kappa shape index (κ1) is 15.8. The number of likely N-dealkylation sites (tertiary alicyclic amines) is 1. The first-order valence-corrected chi connectivity index (χ1v) is 7.79. The summed E-state index contributed by atoms with van der Waals surface area (Å²) in [6.45, 7) is 2.68. The van der Waals surface area contributed by atoms with Crippen LogP contribution in [0.1, 0.15) is 24.4 Å². The highest BCUT2D eigenvalue weighted by Crippen LogP contribution is 2.31. The Morgan fingerprint density at radius 3 is 2.55 bits per heavy atom. The number of benzene rings is 1. The Kier molecular flexibility index (Phi) is 5.84. The van der Waals surface area contributed by atoms with Crippen LogP contribution in [0.4, 0.5) is 0 Å². The Morgan fingerprint density at radius 2 is 2.05 bits per heavy atom. The molecule has 20 heavy (non-hydrogen) atoms. The summed E-state index contributed by atoms with van der Waals surface area (Å²) in [4.78, 5) is 2.45. The third kappa shape index (κ3) is 3.52. The molecule has 0 spiro atoms. The maximum absolute atomic E-state index is 6.00. The number of nitrogens with zero attached hydrogens (tertiary/aromatic N) is 1. The molecule has 2 rings (SSSR count). The average Bonchev–Trinajstić information content (AvgIpc) is 2.49. The Bertz CT molecular complexity index is 434. The van der Waals surface area contributed by atoms with Crippen molar-refractivity contribution in [1.29, 1.82) is 0 Å². The lowest BCUT2D eigenvalue weighted by Crippen LogP contribution is -2.41. The van der Waals surface area contributed by atoms with Crippen molar-refractivity contribution in [3.8, 4) is 5.75 Å². The van der Waals surface area contributed by atoms with E-state index in [-0.39, 0.29) is 6.04 Å². The SMILES string of the molecule is COc1ccc(C(CN)N2CCC(OC)CC2)cc1Br. The minimum Gasteiger partial charge on any atom is -0.496 e. The van der Waals surface area contributed by atoms with Gasteiger partial charge in [0.05, 0.1) is 17.7 Å². The number of methoxy groups -OCH3 is 2. The van der Waals surface area contributed by atoms with Crippen LogP contribution in [0.25, 0.3) is 0 Å². The lowest BCUT2D eigenvalue weighted by Gasteiger charge is -2.37. The molecule has 1 aliphatic heterocycles. The summed E-state index contributed by atoms with van der Waals surface area (Å²) in [5.41, 5.74) is 7.24. The number of rotatable bonds is 5. The van der Waals surface area contributed by atoms with E-state index in [1.807, 2.05) is 6.07 Å². The molecule has 1 saturated heterocycles. The molecule has 0 aromatic heterocycles. The second-order valence-electron chi connectivity index (χ2n) is 5.12. The predicted molar refractivity (Wildman–Crippen MR) is 84.1 cm³/mol. The van der Waals surface area contributed by atoms with E-state index in [0.29, 0.717) is 12.6 Å². The molecular weight excluding hydrogens is 320 g/mol. The molecule has 1 aromatic carbocycles. The van der Waals surface area contributed by atoms with Crippen LogP contribution in [0.15, 0.2) is 22.7 Å². The van der Waals surface area contributed by atoms with Crippen LogP contribution >= 0.6 is 15.9 Å². The summed E-state index contributed by atoms with van der Waals surface area (Å²) in [7, 11) is 3.47. The van der Waals surface area contributed by atoms with E-state index in [1.165, 1.54) is 5.56 Å². The number of piperidine rings is 1. The normalized spacial score (nSPS) is 19.0. The summed E-state index contributed by atoms with van der Waals surface area (Å²) in [5.74, 6) is 0.850. The number of halogens is 1. The lowest BCUT2D eigenvalue weighted by molar-refractivity contribution is 0.0280. The fraction of sp³-hybridized carbons (Fsp3) is 0.600. The summed E-state index contributed by atoms with van der Waals surface area (Å²) < 4.78 is 11.7. The lowest BCUT2D eigenvalue weighted by atomic mass is 10.0. The zero-order valence-corrected chi connectivity index (χ0v) is 13.7. The number of hydrogen-bond acceptors (Lipinski definition) is 4. The molecule has 1 heterocycles. The average molecular weight is 343 g/mol. The molecule has 1 unspecified atom stereocenters. The molecule has 5 heteroatoms. The van der Waals surface area contributed by atoms with Gasteiger partial charge in [-0.25, -0.2) is 0 Å². The van der Waals surface area contributed by atoms with Gasteiger partial charge >= 0.3 is 0 Å². The van der Waals surface area contributed by atoms with Gasteiger partial charge in [-0.05, 0) is 46.5 Å². The molecule has 0 aliphatic carbocycles. The molecule has 0 amide bonds.